The Labute approximate surface area is 112 Å². The molecule has 2 heterocycles. The first-order valence-corrected chi connectivity index (χ1v) is 7.74. The maximum atomic E-state index is 5.90. The lowest BCUT2D eigenvalue weighted by molar-refractivity contribution is 0.0899. The molecular formula is C14H19NO2S. The van der Waals surface area contributed by atoms with Gasteiger partial charge in [0.05, 0.1) is 0 Å². The van der Waals surface area contributed by atoms with E-state index in [4.69, 9.17) is 9.47 Å². The van der Waals surface area contributed by atoms with E-state index in [1.165, 1.54) is 17.9 Å². The second kappa shape index (κ2) is 5.85. The predicted octanol–water partition coefficient (Wildman–Crippen LogP) is 2.17. The molecule has 1 fully saturated rings. The van der Waals surface area contributed by atoms with Gasteiger partial charge in [-0.05, 0) is 42.5 Å². The van der Waals surface area contributed by atoms with Crippen molar-refractivity contribution in [3.63, 3.8) is 0 Å². The van der Waals surface area contributed by atoms with Crippen molar-refractivity contribution in [2.75, 3.05) is 31.2 Å². The molecule has 1 N–H and O–H groups in total. The molecule has 1 saturated heterocycles. The van der Waals surface area contributed by atoms with Gasteiger partial charge < -0.3 is 14.8 Å². The van der Waals surface area contributed by atoms with E-state index in [1.807, 2.05) is 24.3 Å². The number of benzene rings is 1. The van der Waals surface area contributed by atoms with Crippen molar-refractivity contribution >= 4 is 11.8 Å². The van der Waals surface area contributed by atoms with Crippen LogP contribution in [0.5, 0.6) is 11.5 Å². The lowest BCUT2D eigenvalue weighted by Gasteiger charge is -2.27. The summed E-state index contributed by atoms with van der Waals surface area (Å²) >= 11 is 2.06. The summed E-state index contributed by atoms with van der Waals surface area (Å²) in [7, 11) is 0. The highest BCUT2D eigenvalue weighted by Crippen LogP contribution is 2.30. The highest BCUT2D eigenvalue weighted by Gasteiger charge is 2.21. The van der Waals surface area contributed by atoms with Crippen LogP contribution in [0.4, 0.5) is 0 Å². The summed E-state index contributed by atoms with van der Waals surface area (Å²) in [4.78, 5) is 0. The van der Waals surface area contributed by atoms with Crippen molar-refractivity contribution < 1.29 is 9.47 Å². The van der Waals surface area contributed by atoms with Crippen LogP contribution in [0.25, 0.3) is 0 Å². The molecule has 3 nitrogen and oxygen atoms in total. The van der Waals surface area contributed by atoms with E-state index in [-0.39, 0.29) is 6.10 Å². The summed E-state index contributed by atoms with van der Waals surface area (Å²) in [6.45, 7) is 2.62. The highest BCUT2D eigenvalue weighted by atomic mass is 32.2. The van der Waals surface area contributed by atoms with Gasteiger partial charge in [-0.1, -0.05) is 12.1 Å². The summed E-state index contributed by atoms with van der Waals surface area (Å²) in [5, 5.41) is 3.51. The average molecular weight is 265 g/mol. The minimum atomic E-state index is 0.133. The van der Waals surface area contributed by atoms with Crippen LogP contribution >= 0.6 is 11.8 Å². The fourth-order valence-electron chi connectivity index (χ4n) is 2.36. The minimum Gasteiger partial charge on any atom is -0.486 e. The first kappa shape index (κ1) is 12.2. The SMILES string of the molecule is c1ccc2c(c1)OCC(CNCC1CCSC1)O2. The number of fused-ring (bicyclic) bond motifs is 1. The molecule has 0 radical (unpaired) electrons. The fourth-order valence-corrected chi connectivity index (χ4v) is 3.64. The molecular weight excluding hydrogens is 246 g/mol. The molecule has 18 heavy (non-hydrogen) atoms. The zero-order valence-electron chi connectivity index (χ0n) is 10.4. The Bertz CT molecular complexity index is 393. The molecule has 0 bridgehead atoms. The van der Waals surface area contributed by atoms with Gasteiger partial charge in [0.25, 0.3) is 0 Å². The van der Waals surface area contributed by atoms with Gasteiger partial charge in [0.15, 0.2) is 11.5 Å². The zero-order valence-corrected chi connectivity index (χ0v) is 11.2. The number of hydrogen-bond donors (Lipinski definition) is 1. The van der Waals surface area contributed by atoms with E-state index in [2.05, 4.69) is 17.1 Å². The maximum Gasteiger partial charge on any atom is 0.161 e. The van der Waals surface area contributed by atoms with Crippen LogP contribution in [-0.4, -0.2) is 37.3 Å². The molecule has 1 aromatic carbocycles. The molecule has 4 heteroatoms. The predicted molar refractivity (Wildman–Crippen MR) is 74.7 cm³/mol. The van der Waals surface area contributed by atoms with Gasteiger partial charge in [-0.15, -0.1) is 0 Å². The topological polar surface area (TPSA) is 30.5 Å². The van der Waals surface area contributed by atoms with Crippen molar-refractivity contribution in [3.8, 4) is 11.5 Å². The van der Waals surface area contributed by atoms with Crippen LogP contribution < -0.4 is 14.8 Å². The average Bonchev–Trinajstić information content (AvgIpc) is 2.92. The Morgan fingerprint density at radius 1 is 1.22 bits per heavy atom. The first-order chi connectivity index (χ1) is 8.92. The van der Waals surface area contributed by atoms with Gasteiger partial charge in [-0.3, -0.25) is 0 Å². The van der Waals surface area contributed by atoms with E-state index in [9.17, 15) is 0 Å². The summed E-state index contributed by atoms with van der Waals surface area (Å²) in [6.07, 6.45) is 1.48. The molecule has 0 aromatic heterocycles. The molecule has 1 aromatic rings. The number of hydrogen-bond acceptors (Lipinski definition) is 4. The number of para-hydroxylation sites is 2. The summed E-state index contributed by atoms with van der Waals surface area (Å²) in [6, 6.07) is 7.87. The molecule has 2 aliphatic rings. The first-order valence-electron chi connectivity index (χ1n) is 6.59. The maximum absolute atomic E-state index is 5.90. The second-order valence-electron chi connectivity index (χ2n) is 4.89. The molecule has 0 aliphatic carbocycles. The molecule has 3 rings (SSSR count). The number of rotatable bonds is 4. The summed E-state index contributed by atoms with van der Waals surface area (Å²) in [5.41, 5.74) is 0. The molecule has 0 spiro atoms. The van der Waals surface area contributed by atoms with Gasteiger partial charge in [0.1, 0.15) is 12.7 Å². The van der Waals surface area contributed by atoms with Crippen LogP contribution in [0, 0.1) is 5.92 Å². The zero-order chi connectivity index (χ0) is 12.2. The summed E-state index contributed by atoms with van der Waals surface area (Å²) < 4.78 is 11.6. The number of thioether (sulfide) groups is 1. The monoisotopic (exact) mass is 265 g/mol. The third-order valence-electron chi connectivity index (χ3n) is 3.40. The van der Waals surface area contributed by atoms with E-state index < -0.39 is 0 Å². The standard InChI is InChI=1S/C14H19NO2S/c1-2-4-14-13(3-1)16-9-12(17-14)8-15-7-11-5-6-18-10-11/h1-4,11-12,15H,5-10H2. The van der Waals surface area contributed by atoms with E-state index in [0.29, 0.717) is 6.61 Å². The molecule has 0 amide bonds. The van der Waals surface area contributed by atoms with Crippen molar-refractivity contribution in [2.45, 2.75) is 12.5 Å². The second-order valence-corrected chi connectivity index (χ2v) is 6.04. The van der Waals surface area contributed by atoms with Crippen LogP contribution in [0.15, 0.2) is 24.3 Å². The Balaban J connectivity index is 1.44. The lowest BCUT2D eigenvalue weighted by Crippen LogP contribution is -2.40. The molecule has 98 valence electrons. The molecule has 2 aliphatic heterocycles. The van der Waals surface area contributed by atoms with Crippen LogP contribution in [-0.2, 0) is 0 Å². The normalized spacial score (nSPS) is 26.2. The van der Waals surface area contributed by atoms with Crippen molar-refractivity contribution in [2.24, 2.45) is 5.92 Å². The minimum absolute atomic E-state index is 0.133. The third kappa shape index (κ3) is 2.93. The van der Waals surface area contributed by atoms with Gasteiger partial charge in [-0.2, -0.15) is 11.8 Å². The summed E-state index contributed by atoms with van der Waals surface area (Å²) in [5.74, 6) is 5.19. The smallest absolute Gasteiger partial charge is 0.161 e. The van der Waals surface area contributed by atoms with Crippen LogP contribution in [0.1, 0.15) is 6.42 Å². The number of ether oxygens (including phenoxy) is 2. The quantitative estimate of drug-likeness (QED) is 0.904. The molecule has 2 unspecified atom stereocenters. The lowest BCUT2D eigenvalue weighted by atomic mass is 10.1. The fraction of sp³-hybridized carbons (Fsp3) is 0.571. The largest absolute Gasteiger partial charge is 0.486 e. The van der Waals surface area contributed by atoms with Crippen molar-refractivity contribution in [1.29, 1.82) is 0 Å². The Hall–Kier alpha value is -0.870. The van der Waals surface area contributed by atoms with Gasteiger partial charge in [-0.25, -0.2) is 0 Å². The van der Waals surface area contributed by atoms with Crippen molar-refractivity contribution in [3.05, 3.63) is 24.3 Å². The van der Waals surface area contributed by atoms with E-state index in [0.717, 1.165) is 30.5 Å². The van der Waals surface area contributed by atoms with Gasteiger partial charge in [0, 0.05) is 6.54 Å². The van der Waals surface area contributed by atoms with Gasteiger partial charge in [0.2, 0.25) is 0 Å². The molecule has 2 atom stereocenters. The Morgan fingerprint density at radius 3 is 2.94 bits per heavy atom. The Kier molecular flexibility index (Phi) is 3.96. The van der Waals surface area contributed by atoms with Crippen molar-refractivity contribution in [1.82, 2.24) is 5.32 Å². The van der Waals surface area contributed by atoms with E-state index >= 15 is 0 Å². The van der Waals surface area contributed by atoms with Crippen LogP contribution in [0.2, 0.25) is 0 Å². The number of nitrogens with one attached hydrogen (secondary N) is 1. The van der Waals surface area contributed by atoms with E-state index in [1.54, 1.807) is 0 Å². The third-order valence-corrected chi connectivity index (χ3v) is 4.63. The van der Waals surface area contributed by atoms with Crippen LogP contribution in [0.3, 0.4) is 0 Å². The van der Waals surface area contributed by atoms with Gasteiger partial charge >= 0.3 is 0 Å². The Morgan fingerprint density at radius 2 is 2.11 bits per heavy atom. The molecule has 0 saturated carbocycles. The highest BCUT2D eigenvalue weighted by molar-refractivity contribution is 7.99.